The molecule has 0 aliphatic heterocycles. The van der Waals surface area contributed by atoms with Gasteiger partial charge in [0.15, 0.2) is 0 Å². The number of nitrogens with zero attached hydrogens (tertiary/aromatic N) is 1. The first-order valence-corrected chi connectivity index (χ1v) is 10.6. The number of nitrogens with one attached hydrogen (secondary N) is 2. The average Bonchev–Trinajstić information content (AvgIpc) is 2.77. The molecule has 0 aliphatic carbocycles. The Labute approximate surface area is 175 Å². The van der Waals surface area contributed by atoms with Gasteiger partial charge in [0.2, 0.25) is 5.91 Å². The number of aromatic nitrogens is 1. The number of pyridine rings is 1. The molecule has 0 unspecified atom stereocenters. The molecule has 148 valence electrons. The van der Waals surface area contributed by atoms with Gasteiger partial charge in [0.05, 0.1) is 11.3 Å². The number of rotatable bonds is 9. The standard InChI is InChI=1S/C23H23N3O2S/c27-22(12-14-29-17-18-7-2-1-3-8-18)26-21-11-5-4-10-20(21)23(28)25-16-19-9-6-13-24-15-19/h1-11,13,15H,12,14,16-17H2,(H,25,28)(H,26,27). The van der Waals surface area contributed by atoms with Gasteiger partial charge in [-0.25, -0.2) is 0 Å². The monoisotopic (exact) mass is 405 g/mol. The lowest BCUT2D eigenvalue weighted by Crippen LogP contribution is -2.25. The van der Waals surface area contributed by atoms with E-state index in [-0.39, 0.29) is 11.8 Å². The third kappa shape index (κ3) is 6.76. The topological polar surface area (TPSA) is 71.1 Å². The van der Waals surface area contributed by atoms with Crippen LogP contribution in [0.1, 0.15) is 27.9 Å². The number of amides is 2. The lowest BCUT2D eigenvalue weighted by molar-refractivity contribution is -0.115. The van der Waals surface area contributed by atoms with Crippen LogP contribution in [0.3, 0.4) is 0 Å². The number of anilines is 1. The molecule has 5 nitrogen and oxygen atoms in total. The first-order valence-electron chi connectivity index (χ1n) is 9.40. The van der Waals surface area contributed by atoms with E-state index in [0.717, 1.165) is 17.1 Å². The average molecular weight is 406 g/mol. The smallest absolute Gasteiger partial charge is 0.253 e. The van der Waals surface area contributed by atoms with Crippen LogP contribution < -0.4 is 10.6 Å². The SMILES string of the molecule is O=C(CCSCc1ccccc1)Nc1ccccc1C(=O)NCc1cccnc1. The maximum Gasteiger partial charge on any atom is 0.253 e. The molecule has 3 aromatic rings. The van der Waals surface area contributed by atoms with E-state index in [1.807, 2.05) is 30.3 Å². The highest BCUT2D eigenvalue weighted by atomic mass is 32.2. The molecule has 29 heavy (non-hydrogen) atoms. The second-order valence-corrected chi connectivity index (χ2v) is 7.53. The summed E-state index contributed by atoms with van der Waals surface area (Å²) in [5, 5.41) is 5.73. The third-order valence-electron chi connectivity index (χ3n) is 4.21. The molecule has 0 fully saturated rings. The number of thioether (sulfide) groups is 1. The molecule has 0 bridgehead atoms. The molecule has 6 heteroatoms. The van der Waals surface area contributed by atoms with Crippen LogP contribution in [0.2, 0.25) is 0 Å². The number of para-hydroxylation sites is 1. The van der Waals surface area contributed by atoms with Crippen molar-refractivity contribution in [3.63, 3.8) is 0 Å². The molecule has 3 rings (SSSR count). The van der Waals surface area contributed by atoms with Crippen molar-refractivity contribution in [3.8, 4) is 0 Å². The van der Waals surface area contributed by atoms with Crippen molar-refractivity contribution < 1.29 is 9.59 Å². The molecular formula is C23H23N3O2S. The number of carbonyl (C=O) groups excluding carboxylic acids is 2. The molecule has 0 atom stereocenters. The van der Waals surface area contributed by atoms with Crippen molar-refractivity contribution in [1.29, 1.82) is 0 Å². The van der Waals surface area contributed by atoms with Crippen LogP contribution in [0.15, 0.2) is 79.1 Å². The van der Waals surface area contributed by atoms with Crippen LogP contribution in [0.4, 0.5) is 5.69 Å². The molecule has 0 spiro atoms. The summed E-state index contributed by atoms with van der Waals surface area (Å²) >= 11 is 1.72. The van der Waals surface area contributed by atoms with E-state index in [2.05, 4.69) is 27.8 Å². The van der Waals surface area contributed by atoms with Crippen molar-refractivity contribution in [1.82, 2.24) is 10.3 Å². The Kier molecular flexibility index (Phi) is 7.83. The van der Waals surface area contributed by atoms with E-state index in [0.29, 0.717) is 24.2 Å². The predicted molar refractivity (Wildman–Crippen MR) is 118 cm³/mol. The molecule has 0 saturated heterocycles. The zero-order valence-corrected chi connectivity index (χ0v) is 16.8. The summed E-state index contributed by atoms with van der Waals surface area (Å²) in [5.74, 6) is 1.26. The largest absolute Gasteiger partial charge is 0.348 e. The highest BCUT2D eigenvalue weighted by molar-refractivity contribution is 7.98. The minimum absolute atomic E-state index is 0.0990. The third-order valence-corrected chi connectivity index (χ3v) is 5.24. The number of carbonyl (C=O) groups is 2. The number of hydrogen-bond acceptors (Lipinski definition) is 4. The maximum atomic E-state index is 12.6. The van der Waals surface area contributed by atoms with Crippen molar-refractivity contribution in [2.24, 2.45) is 0 Å². The fraction of sp³-hybridized carbons (Fsp3) is 0.174. The Hall–Kier alpha value is -3.12. The van der Waals surface area contributed by atoms with Gasteiger partial charge in [0.1, 0.15) is 0 Å². The Bertz CT molecular complexity index is 933. The van der Waals surface area contributed by atoms with Gasteiger partial charge in [-0.3, -0.25) is 14.6 Å². The summed E-state index contributed by atoms with van der Waals surface area (Å²) in [6.45, 7) is 0.380. The van der Waals surface area contributed by atoms with E-state index < -0.39 is 0 Å². The highest BCUT2D eigenvalue weighted by Crippen LogP contribution is 2.17. The number of benzene rings is 2. The van der Waals surface area contributed by atoms with Crippen LogP contribution in [-0.2, 0) is 17.1 Å². The zero-order valence-electron chi connectivity index (χ0n) is 16.0. The van der Waals surface area contributed by atoms with Gasteiger partial charge in [-0.05, 0) is 29.3 Å². The van der Waals surface area contributed by atoms with Crippen molar-refractivity contribution in [2.45, 2.75) is 18.7 Å². The van der Waals surface area contributed by atoms with E-state index in [1.54, 1.807) is 48.4 Å². The van der Waals surface area contributed by atoms with E-state index in [9.17, 15) is 9.59 Å². The molecule has 0 saturated carbocycles. The van der Waals surface area contributed by atoms with Crippen LogP contribution in [0.5, 0.6) is 0 Å². The summed E-state index contributed by atoms with van der Waals surface area (Å²) < 4.78 is 0. The lowest BCUT2D eigenvalue weighted by Gasteiger charge is -2.11. The van der Waals surface area contributed by atoms with Crippen LogP contribution >= 0.6 is 11.8 Å². The van der Waals surface area contributed by atoms with Crippen molar-refractivity contribution in [3.05, 3.63) is 95.8 Å². The summed E-state index contributed by atoms with van der Waals surface area (Å²) in [4.78, 5) is 28.9. The highest BCUT2D eigenvalue weighted by Gasteiger charge is 2.13. The van der Waals surface area contributed by atoms with Gasteiger partial charge in [-0.1, -0.05) is 48.5 Å². The molecule has 0 aliphatic rings. The molecule has 2 amide bonds. The molecule has 1 aromatic heterocycles. The Morgan fingerprint density at radius 2 is 1.66 bits per heavy atom. The second-order valence-electron chi connectivity index (χ2n) is 6.43. The number of hydrogen-bond donors (Lipinski definition) is 2. The molecule has 2 aromatic carbocycles. The first kappa shape index (κ1) is 20.6. The minimum Gasteiger partial charge on any atom is -0.348 e. The molecule has 1 heterocycles. The normalized spacial score (nSPS) is 10.3. The molecular weight excluding hydrogens is 382 g/mol. The Morgan fingerprint density at radius 1 is 0.897 bits per heavy atom. The van der Waals surface area contributed by atoms with Gasteiger partial charge < -0.3 is 10.6 Å². The Balaban J connectivity index is 1.48. The van der Waals surface area contributed by atoms with E-state index in [4.69, 9.17) is 0 Å². The fourth-order valence-electron chi connectivity index (χ4n) is 2.71. The predicted octanol–water partition coefficient (Wildman–Crippen LogP) is 4.27. The molecule has 2 N–H and O–H groups in total. The van der Waals surface area contributed by atoms with Gasteiger partial charge in [-0.15, -0.1) is 0 Å². The maximum absolute atomic E-state index is 12.6. The zero-order chi connectivity index (χ0) is 20.3. The Morgan fingerprint density at radius 3 is 2.45 bits per heavy atom. The summed E-state index contributed by atoms with van der Waals surface area (Å²) in [6.07, 6.45) is 3.79. The van der Waals surface area contributed by atoms with Gasteiger partial charge in [0.25, 0.3) is 5.91 Å². The van der Waals surface area contributed by atoms with Crippen molar-refractivity contribution in [2.75, 3.05) is 11.1 Å². The molecule has 0 radical (unpaired) electrons. The van der Waals surface area contributed by atoms with E-state index in [1.165, 1.54) is 5.56 Å². The van der Waals surface area contributed by atoms with Gasteiger partial charge in [-0.2, -0.15) is 11.8 Å². The first-order chi connectivity index (χ1) is 14.2. The summed E-state index contributed by atoms with van der Waals surface area (Å²) in [5.41, 5.74) is 3.13. The van der Waals surface area contributed by atoms with Crippen molar-refractivity contribution >= 4 is 29.3 Å². The fourth-order valence-corrected chi connectivity index (χ4v) is 3.61. The lowest BCUT2D eigenvalue weighted by atomic mass is 10.1. The van der Waals surface area contributed by atoms with Gasteiger partial charge >= 0.3 is 0 Å². The summed E-state index contributed by atoms with van der Waals surface area (Å²) in [7, 11) is 0. The second kappa shape index (κ2) is 11.0. The summed E-state index contributed by atoms with van der Waals surface area (Å²) in [6, 6.07) is 20.9. The minimum atomic E-state index is -0.233. The van der Waals surface area contributed by atoms with Crippen LogP contribution in [-0.4, -0.2) is 22.6 Å². The van der Waals surface area contributed by atoms with Gasteiger partial charge in [0, 0.05) is 36.9 Å². The quantitative estimate of drug-likeness (QED) is 0.522. The van der Waals surface area contributed by atoms with Crippen LogP contribution in [0.25, 0.3) is 0 Å². The van der Waals surface area contributed by atoms with Crippen LogP contribution in [0, 0.1) is 0 Å². The van der Waals surface area contributed by atoms with E-state index >= 15 is 0 Å².